The summed E-state index contributed by atoms with van der Waals surface area (Å²) in [4.78, 5) is 40.3. The topological polar surface area (TPSA) is 120 Å². The lowest BCUT2D eigenvalue weighted by molar-refractivity contribution is -0.141. The molecular weight excluding hydrogens is 520 g/mol. The molecule has 10 nitrogen and oxygen atoms in total. The molecule has 1 atom stereocenters. The van der Waals surface area contributed by atoms with Crippen LogP contribution in [0.3, 0.4) is 0 Å². The lowest BCUT2D eigenvalue weighted by Gasteiger charge is -2.32. The first-order chi connectivity index (χ1) is 18.5. The first-order valence-corrected chi connectivity index (χ1v) is 14.4. The van der Waals surface area contributed by atoms with Crippen molar-refractivity contribution in [1.29, 1.82) is 0 Å². The molecule has 1 aromatic heterocycles. The van der Waals surface area contributed by atoms with Crippen molar-refractivity contribution in [2.45, 2.75) is 63.0 Å². The molecule has 1 amide bonds. The monoisotopic (exact) mass is 554 g/mol. The third-order valence-electron chi connectivity index (χ3n) is 7.27. The van der Waals surface area contributed by atoms with Crippen molar-refractivity contribution in [3.63, 3.8) is 0 Å². The van der Waals surface area contributed by atoms with Gasteiger partial charge in [0.2, 0.25) is 0 Å². The molecule has 208 valence electrons. The second-order valence-corrected chi connectivity index (χ2v) is 11.5. The number of nitrogens with one attached hydrogen (secondary N) is 1. The van der Waals surface area contributed by atoms with Gasteiger partial charge in [-0.15, -0.1) is 0 Å². The maximum Gasteiger partial charge on any atom is 0.338 e. The van der Waals surface area contributed by atoms with Crippen molar-refractivity contribution in [3.05, 3.63) is 76.2 Å². The van der Waals surface area contributed by atoms with Gasteiger partial charge in [0, 0.05) is 20.1 Å². The van der Waals surface area contributed by atoms with Crippen LogP contribution in [0.4, 0.5) is 5.69 Å². The van der Waals surface area contributed by atoms with Crippen molar-refractivity contribution >= 4 is 27.6 Å². The molecule has 0 spiro atoms. The number of carbonyl (C=O) groups excluding carboxylic acids is 2. The van der Waals surface area contributed by atoms with Crippen LogP contribution in [-0.4, -0.2) is 53.8 Å². The van der Waals surface area contributed by atoms with Crippen LogP contribution in [0.2, 0.25) is 0 Å². The van der Waals surface area contributed by atoms with E-state index in [0.29, 0.717) is 11.4 Å². The van der Waals surface area contributed by atoms with E-state index in [1.807, 2.05) is 6.07 Å². The van der Waals surface area contributed by atoms with E-state index >= 15 is 0 Å². The molecule has 3 aromatic rings. The van der Waals surface area contributed by atoms with Crippen LogP contribution < -0.4 is 10.3 Å². The second-order valence-electron chi connectivity index (χ2n) is 9.86. The third-order valence-corrected chi connectivity index (χ3v) is 8.62. The molecule has 11 heteroatoms. The number of para-hydroxylation sites is 1. The van der Waals surface area contributed by atoms with Crippen LogP contribution in [0.15, 0.2) is 64.3 Å². The highest BCUT2D eigenvalue weighted by molar-refractivity contribution is 7.92. The minimum atomic E-state index is -4.23. The zero-order valence-corrected chi connectivity index (χ0v) is 23.4. The van der Waals surface area contributed by atoms with E-state index in [0.717, 1.165) is 32.1 Å². The summed E-state index contributed by atoms with van der Waals surface area (Å²) in [6, 6.07) is 14.3. The summed E-state index contributed by atoms with van der Waals surface area (Å²) in [6.07, 6.45) is 4.11. The molecule has 1 heterocycles. The van der Waals surface area contributed by atoms with Crippen molar-refractivity contribution in [2.24, 2.45) is 7.05 Å². The number of nitrogens with zero attached hydrogens (tertiary/aromatic N) is 3. The number of ether oxygens (including phenoxy) is 1. The molecular formula is C28H34N4O6S. The fraction of sp³-hybridized carbons (Fsp3) is 0.393. The number of rotatable bonds is 8. The van der Waals surface area contributed by atoms with Gasteiger partial charge in [0.05, 0.1) is 21.8 Å². The Balaban J connectivity index is 1.51. The zero-order valence-electron chi connectivity index (χ0n) is 22.6. The summed E-state index contributed by atoms with van der Waals surface area (Å²) in [5.74, 6) is -1.11. The third kappa shape index (κ3) is 5.93. The molecule has 0 aliphatic heterocycles. The Morgan fingerprint density at radius 1 is 1.05 bits per heavy atom. The predicted molar refractivity (Wildman–Crippen MR) is 148 cm³/mol. The molecule has 1 N–H and O–H groups in total. The van der Waals surface area contributed by atoms with Crippen molar-refractivity contribution < 1.29 is 22.7 Å². The molecule has 1 saturated carbocycles. The fourth-order valence-corrected chi connectivity index (χ4v) is 6.04. The van der Waals surface area contributed by atoms with E-state index < -0.39 is 27.7 Å². The number of amides is 1. The quantitative estimate of drug-likeness (QED) is 0.425. The Labute approximate surface area is 228 Å². The summed E-state index contributed by atoms with van der Waals surface area (Å²) in [5.41, 5.74) is 0.344. The largest absolute Gasteiger partial charge is 0.449 e. The van der Waals surface area contributed by atoms with E-state index in [1.54, 1.807) is 54.9 Å². The van der Waals surface area contributed by atoms with Gasteiger partial charge in [-0.2, -0.15) is 0 Å². The van der Waals surface area contributed by atoms with Gasteiger partial charge in [0.15, 0.2) is 6.10 Å². The number of hydrogen-bond donors (Lipinski definition) is 1. The maximum absolute atomic E-state index is 13.3. The van der Waals surface area contributed by atoms with Gasteiger partial charge in [-0.3, -0.25) is 19.0 Å². The molecule has 4 rings (SSSR count). The minimum absolute atomic E-state index is 0.0238. The Morgan fingerprint density at radius 2 is 1.72 bits per heavy atom. The van der Waals surface area contributed by atoms with Crippen LogP contribution in [0.5, 0.6) is 0 Å². The van der Waals surface area contributed by atoms with E-state index in [-0.39, 0.29) is 28.1 Å². The van der Waals surface area contributed by atoms with Crippen molar-refractivity contribution in [2.75, 3.05) is 11.8 Å². The van der Waals surface area contributed by atoms with Crippen molar-refractivity contribution in [3.8, 4) is 5.69 Å². The van der Waals surface area contributed by atoms with E-state index in [2.05, 4.69) is 4.72 Å². The van der Waals surface area contributed by atoms with Gasteiger partial charge in [0.1, 0.15) is 5.69 Å². The maximum atomic E-state index is 13.3. The number of aromatic nitrogens is 2. The van der Waals surface area contributed by atoms with E-state index in [1.165, 1.54) is 35.9 Å². The SMILES string of the molecule is Cc1c(NS(=O)(=O)c2cccc(C(=O)O[C@H](C)C(=O)N(C)C3CCCCC3)c2)c(=O)n(-c2ccccc2)n1C. The smallest absolute Gasteiger partial charge is 0.338 e. The number of esters is 1. The fourth-order valence-electron chi connectivity index (χ4n) is 4.88. The molecule has 0 unspecified atom stereocenters. The summed E-state index contributed by atoms with van der Waals surface area (Å²) >= 11 is 0. The Bertz CT molecular complexity index is 1520. The minimum Gasteiger partial charge on any atom is -0.449 e. The molecule has 0 bridgehead atoms. The van der Waals surface area contributed by atoms with Gasteiger partial charge in [0.25, 0.3) is 21.5 Å². The van der Waals surface area contributed by atoms with E-state index in [4.69, 9.17) is 4.74 Å². The first kappa shape index (κ1) is 28.2. The predicted octanol–water partition coefficient (Wildman–Crippen LogP) is 3.62. The number of carbonyl (C=O) groups is 2. The van der Waals surface area contributed by atoms with Gasteiger partial charge in [-0.05, 0) is 57.0 Å². The van der Waals surface area contributed by atoms with E-state index in [9.17, 15) is 22.8 Å². The van der Waals surface area contributed by atoms with Crippen LogP contribution >= 0.6 is 0 Å². The van der Waals surface area contributed by atoms with Crippen LogP contribution in [0, 0.1) is 6.92 Å². The molecule has 1 aliphatic carbocycles. The lowest BCUT2D eigenvalue weighted by Crippen LogP contribution is -2.44. The second kappa shape index (κ2) is 11.5. The average molecular weight is 555 g/mol. The highest BCUT2D eigenvalue weighted by Gasteiger charge is 2.29. The van der Waals surface area contributed by atoms with Gasteiger partial charge in [-0.1, -0.05) is 43.5 Å². The zero-order chi connectivity index (χ0) is 28.3. The molecule has 1 aliphatic rings. The first-order valence-electron chi connectivity index (χ1n) is 13.0. The summed E-state index contributed by atoms with van der Waals surface area (Å²) in [7, 11) is -0.852. The Hall–Kier alpha value is -3.86. The van der Waals surface area contributed by atoms with Gasteiger partial charge < -0.3 is 9.64 Å². The highest BCUT2D eigenvalue weighted by Crippen LogP contribution is 2.23. The molecule has 1 fully saturated rings. The van der Waals surface area contributed by atoms with Crippen molar-refractivity contribution in [1.82, 2.24) is 14.3 Å². The number of sulfonamides is 1. The summed E-state index contributed by atoms with van der Waals surface area (Å²) in [6.45, 7) is 3.15. The summed E-state index contributed by atoms with van der Waals surface area (Å²) in [5, 5.41) is 0. The molecule has 0 saturated heterocycles. The number of likely N-dealkylation sites (N-methyl/N-ethyl adjacent to an activating group) is 1. The standard InChI is InChI=1S/C28H34N4O6S/c1-19-25(27(34)32(31(19)4)23-15-9-6-10-16-23)29-39(36,37)24-17-11-12-21(18-24)28(35)38-20(2)26(33)30(3)22-13-7-5-8-14-22/h6,9-12,15-18,20,22,29H,5,7-8,13-14H2,1-4H3/t20-/m1/s1. The van der Waals surface area contributed by atoms with Gasteiger partial charge >= 0.3 is 5.97 Å². The molecule has 39 heavy (non-hydrogen) atoms. The van der Waals surface area contributed by atoms with Crippen LogP contribution in [0.25, 0.3) is 5.69 Å². The molecule has 2 aromatic carbocycles. The van der Waals surface area contributed by atoms with Crippen LogP contribution in [-0.2, 0) is 26.6 Å². The lowest BCUT2D eigenvalue weighted by atomic mass is 9.94. The Kier molecular flexibility index (Phi) is 8.29. The average Bonchev–Trinajstić information content (AvgIpc) is 3.15. The Morgan fingerprint density at radius 3 is 2.38 bits per heavy atom. The number of anilines is 1. The van der Waals surface area contributed by atoms with Gasteiger partial charge in [-0.25, -0.2) is 17.9 Å². The number of benzene rings is 2. The molecule has 0 radical (unpaired) electrons. The number of hydrogen-bond acceptors (Lipinski definition) is 6. The highest BCUT2D eigenvalue weighted by atomic mass is 32.2. The van der Waals surface area contributed by atoms with Crippen LogP contribution in [0.1, 0.15) is 55.1 Å². The normalized spacial score (nSPS) is 15.0. The summed E-state index contributed by atoms with van der Waals surface area (Å²) < 4.78 is 37.2.